The van der Waals surface area contributed by atoms with Crippen molar-refractivity contribution in [3.05, 3.63) is 52.3 Å². The van der Waals surface area contributed by atoms with Gasteiger partial charge in [-0.05, 0) is 46.6 Å². The monoisotopic (exact) mass is 336 g/mol. The van der Waals surface area contributed by atoms with Gasteiger partial charge < -0.3 is 11.5 Å². The van der Waals surface area contributed by atoms with Crippen molar-refractivity contribution < 1.29 is 0 Å². The van der Waals surface area contributed by atoms with Crippen LogP contribution in [0.25, 0.3) is 11.1 Å². The van der Waals surface area contributed by atoms with E-state index in [1.165, 1.54) is 0 Å². The molecule has 4 nitrogen and oxygen atoms in total. The average molecular weight is 336 g/mol. The molecule has 4 heteroatoms. The molecule has 1 heterocycles. The number of nitrogens with zero attached hydrogens (tertiary/aromatic N) is 2. The number of aromatic nitrogens is 1. The summed E-state index contributed by atoms with van der Waals surface area (Å²) in [5.74, 6) is 0. The number of benzene rings is 1. The molecular formula is C21H28N4. The van der Waals surface area contributed by atoms with Crippen molar-refractivity contribution >= 4 is 0 Å². The van der Waals surface area contributed by atoms with Crippen LogP contribution in [-0.4, -0.2) is 4.98 Å². The highest BCUT2D eigenvalue weighted by Crippen LogP contribution is 2.34. The van der Waals surface area contributed by atoms with E-state index < -0.39 is 0 Å². The Morgan fingerprint density at radius 2 is 1.68 bits per heavy atom. The van der Waals surface area contributed by atoms with Crippen LogP contribution in [0.2, 0.25) is 0 Å². The Morgan fingerprint density at radius 3 is 2.16 bits per heavy atom. The van der Waals surface area contributed by atoms with Crippen molar-refractivity contribution in [3.8, 4) is 17.2 Å². The molecule has 0 fully saturated rings. The van der Waals surface area contributed by atoms with Gasteiger partial charge in [-0.2, -0.15) is 5.26 Å². The first-order valence-electron chi connectivity index (χ1n) is 8.68. The molecule has 0 aliphatic rings. The van der Waals surface area contributed by atoms with E-state index in [9.17, 15) is 5.26 Å². The molecule has 0 unspecified atom stereocenters. The highest BCUT2D eigenvalue weighted by molar-refractivity contribution is 5.73. The number of hydrogen-bond acceptors (Lipinski definition) is 4. The van der Waals surface area contributed by atoms with Gasteiger partial charge in [0.2, 0.25) is 0 Å². The summed E-state index contributed by atoms with van der Waals surface area (Å²) in [6.07, 6.45) is 1.18. The Bertz CT molecular complexity index is 778. The molecule has 0 aliphatic heterocycles. The summed E-state index contributed by atoms with van der Waals surface area (Å²) in [6.45, 7) is 9.50. The minimum absolute atomic E-state index is 0.112. The molecule has 0 spiro atoms. The van der Waals surface area contributed by atoms with Gasteiger partial charge in [0.15, 0.2) is 0 Å². The van der Waals surface area contributed by atoms with Gasteiger partial charge in [0.25, 0.3) is 0 Å². The molecule has 1 aromatic heterocycles. The second kappa shape index (κ2) is 7.77. The number of nitriles is 1. The molecule has 0 aliphatic carbocycles. The van der Waals surface area contributed by atoms with Crippen LogP contribution in [0.5, 0.6) is 0 Å². The first kappa shape index (κ1) is 19.1. The molecule has 0 amide bonds. The van der Waals surface area contributed by atoms with Gasteiger partial charge in [0.05, 0.1) is 12.5 Å². The van der Waals surface area contributed by atoms with Crippen LogP contribution < -0.4 is 11.5 Å². The predicted octanol–water partition coefficient (Wildman–Crippen LogP) is 3.63. The Labute approximate surface area is 150 Å². The van der Waals surface area contributed by atoms with E-state index in [0.717, 1.165) is 45.6 Å². The molecule has 0 bridgehead atoms. The topological polar surface area (TPSA) is 88.7 Å². The number of hydrogen-bond donors (Lipinski definition) is 2. The molecule has 0 saturated carbocycles. The number of pyridine rings is 1. The van der Waals surface area contributed by atoms with E-state index in [4.69, 9.17) is 16.5 Å². The van der Waals surface area contributed by atoms with Gasteiger partial charge in [-0.25, -0.2) is 0 Å². The normalized spacial score (nSPS) is 11.4. The van der Waals surface area contributed by atoms with Crippen molar-refractivity contribution in [3.63, 3.8) is 0 Å². The van der Waals surface area contributed by atoms with E-state index in [2.05, 4.69) is 39.0 Å². The van der Waals surface area contributed by atoms with E-state index in [-0.39, 0.29) is 5.41 Å². The van der Waals surface area contributed by atoms with Crippen LogP contribution in [0.3, 0.4) is 0 Å². The Morgan fingerprint density at radius 1 is 1.04 bits per heavy atom. The van der Waals surface area contributed by atoms with Crippen LogP contribution in [0, 0.1) is 23.7 Å². The minimum Gasteiger partial charge on any atom is -0.326 e. The molecule has 2 rings (SSSR count). The van der Waals surface area contributed by atoms with Crippen LogP contribution >= 0.6 is 0 Å². The van der Waals surface area contributed by atoms with E-state index in [0.29, 0.717) is 19.5 Å². The van der Waals surface area contributed by atoms with E-state index in [1.807, 2.05) is 19.1 Å². The van der Waals surface area contributed by atoms with Gasteiger partial charge in [-0.3, -0.25) is 4.98 Å². The van der Waals surface area contributed by atoms with Crippen molar-refractivity contribution in [2.24, 2.45) is 16.9 Å². The van der Waals surface area contributed by atoms with Gasteiger partial charge in [-0.1, -0.05) is 45.0 Å². The summed E-state index contributed by atoms with van der Waals surface area (Å²) in [5, 5.41) is 9.29. The molecule has 4 N–H and O–H groups in total. The van der Waals surface area contributed by atoms with Crippen LogP contribution in [-0.2, 0) is 25.9 Å². The molecule has 25 heavy (non-hydrogen) atoms. The van der Waals surface area contributed by atoms with Gasteiger partial charge >= 0.3 is 0 Å². The first-order valence-corrected chi connectivity index (χ1v) is 8.68. The third-order valence-electron chi connectivity index (χ3n) is 4.33. The summed E-state index contributed by atoms with van der Waals surface area (Å²) in [6, 6.07) is 10.5. The molecule has 0 saturated heterocycles. The fraction of sp³-hybridized carbons (Fsp3) is 0.429. The van der Waals surface area contributed by atoms with E-state index in [1.54, 1.807) is 0 Å². The molecule has 0 atom stereocenters. The van der Waals surface area contributed by atoms with Crippen LogP contribution in [0.4, 0.5) is 0 Å². The maximum Gasteiger partial charge on any atom is 0.0670 e. The fourth-order valence-electron chi connectivity index (χ4n) is 3.16. The summed E-state index contributed by atoms with van der Waals surface area (Å²) in [4.78, 5) is 4.82. The second-order valence-corrected chi connectivity index (χ2v) is 7.65. The highest BCUT2D eigenvalue weighted by atomic mass is 14.7. The van der Waals surface area contributed by atoms with Gasteiger partial charge in [-0.15, -0.1) is 0 Å². The predicted molar refractivity (Wildman–Crippen MR) is 103 cm³/mol. The highest BCUT2D eigenvalue weighted by Gasteiger charge is 2.22. The number of rotatable bonds is 5. The van der Waals surface area contributed by atoms with Gasteiger partial charge in [0.1, 0.15) is 0 Å². The van der Waals surface area contributed by atoms with E-state index >= 15 is 0 Å². The number of aryl methyl sites for hydroxylation is 1. The maximum absolute atomic E-state index is 9.29. The van der Waals surface area contributed by atoms with Crippen LogP contribution in [0.15, 0.2) is 24.3 Å². The lowest BCUT2D eigenvalue weighted by atomic mass is 9.84. The molecule has 2 aromatic rings. The largest absolute Gasteiger partial charge is 0.326 e. The van der Waals surface area contributed by atoms with Crippen molar-refractivity contribution in [1.29, 1.82) is 5.26 Å². The van der Waals surface area contributed by atoms with Crippen molar-refractivity contribution in [1.82, 2.24) is 4.98 Å². The summed E-state index contributed by atoms with van der Waals surface area (Å²) in [5.41, 5.74) is 19.2. The minimum atomic E-state index is 0.112. The van der Waals surface area contributed by atoms with Crippen molar-refractivity contribution in [2.75, 3.05) is 0 Å². The molecular weight excluding hydrogens is 308 g/mol. The quantitative estimate of drug-likeness (QED) is 0.872. The standard InChI is InChI=1S/C21H28N4/c1-14-17(9-10-22)20(16-7-5-15(12-23)6-8-16)18(13-24)19(25-14)11-21(2,3)4/h5-8H,9,11-13,23-24H2,1-4H3. The van der Waals surface area contributed by atoms with Crippen LogP contribution in [0.1, 0.15) is 48.8 Å². The smallest absolute Gasteiger partial charge is 0.0670 e. The second-order valence-electron chi connectivity index (χ2n) is 7.65. The number of nitrogens with two attached hydrogens (primary N) is 2. The SMILES string of the molecule is Cc1nc(CC(C)(C)C)c(CN)c(-c2ccc(CN)cc2)c1CC#N. The zero-order valence-electron chi connectivity index (χ0n) is 15.7. The molecule has 1 aromatic carbocycles. The zero-order chi connectivity index (χ0) is 18.6. The average Bonchev–Trinajstić information content (AvgIpc) is 2.55. The maximum atomic E-state index is 9.29. The first-order chi connectivity index (χ1) is 11.8. The Balaban J connectivity index is 2.73. The van der Waals surface area contributed by atoms with Gasteiger partial charge in [0, 0.05) is 24.5 Å². The Hall–Kier alpha value is -2.22. The summed E-state index contributed by atoms with van der Waals surface area (Å²) in [7, 11) is 0. The Kier molecular flexibility index (Phi) is 5.94. The zero-order valence-corrected chi connectivity index (χ0v) is 15.7. The lowest BCUT2D eigenvalue weighted by Gasteiger charge is -2.24. The lowest BCUT2D eigenvalue weighted by molar-refractivity contribution is 0.404. The molecule has 132 valence electrons. The summed E-state index contributed by atoms with van der Waals surface area (Å²) < 4.78 is 0. The fourth-order valence-corrected chi connectivity index (χ4v) is 3.16. The lowest BCUT2D eigenvalue weighted by Crippen LogP contribution is -2.17. The third-order valence-corrected chi connectivity index (χ3v) is 4.33. The third kappa shape index (κ3) is 4.45. The summed E-state index contributed by atoms with van der Waals surface area (Å²) >= 11 is 0. The van der Waals surface area contributed by atoms with Crippen molar-refractivity contribution in [2.45, 2.75) is 53.6 Å². The molecule has 0 radical (unpaired) electrons.